The van der Waals surface area contributed by atoms with Crippen LogP contribution in [-0.4, -0.2) is 61.6 Å². The summed E-state index contributed by atoms with van der Waals surface area (Å²) < 4.78 is 0. The minimum atomic E-state index is -0.463. The van der Waals surface area contributed by atoms with Gasteiger partial charge >= 0.3 is 0 Å². The Morgan fingerprint density at radius 2 is 1.92 bits per heavy atom. The van der Waals surface area contributed by atoms with Crippen molar-refractivity contribution in [3.05, 3.63) is 54.0 Å². The van der Waals surface area contributed by atoms with Crippen LogP contribution in [0.5, 0.6) is 0 Å². The van der Waals surface area contributed by atoms with E-state index in [2.05, 4.69) is 20.3 Å². The van der Waals surface area contributed by atoms with Crippen LogP contribution < -0.4 is 11.1 Å². The second-order valence-corrected chi connectivity index (χ2v) is 8.99. The lowest BCUT2D eigenvalue weighted by Gasteiger charge is -2.41. The third kappa shape index (κ3) is 5.76. The number of amides is 3. The Kier molecular flexibility index (Phi) is 7.72. The fourth-order valence-corrected chi connectivity index (χ4v) is 4.51. The van der Waals surface area contributed by atoms with Gasteiger partial charge in [0.05, 0.1) is 5.52 Å². The Hall–Kier alpha value is -4.08. The summed E-state index contributed by atoms with van der Waals surface area (Å²) in [5, 5.41) is 3.41. The Balaban J connectivity index is 1.39. The predicted molar refractivity (Wildman–Crippen MR) is 137 cm³/mol. The van der Waals surface area contributed by atoms with Gasteiger partial charge in [-0.1, -0.05) is 25.5 Å². The van der Waals surface area contributed by atoms with Gasteiger partial charge in [0, 0.05) is 44.6 Å². The number of aryl methyl sites for hydroxylation is 1. The van der Waals surface area contributed by atoms with Gasteiger partial charge < -0.3 is 20.9 Å². The second kappa shape index (κ2) is 11.1. The molecule has 36 heavy (non-hydrogen) atoms. The van der Waals surface area contributed by atoms with Crippen molar-refractivity contribution in [3.63, 3.8) is 0 Å². The molecule has 2 aromatic heterocycles. The number of nitrogens with zero attached hydrogens (tertiary/aromatic N) is 5. The largest absolute Gasteiger partial charge is 0.383 e. The molecule has 0 aliphatic carbocycles. The summed E-state index contributed by atoms with van der Waals surface area (Å²) in [5.74, 6) is 0.655. The van der Waals surface area contributed by atoms with Gasteiger partial charge in [0.2, 0.25) is 17.7 Å². The number of piperazine rings is 1. The van der Waals surface area contributed by atoms with Crippen LogP contribution in [0.1, 0.15) is 44.2 Å². The van der Waals surface area contributed by atoms with E-state index < -0.39 is 6.04 Å². The topological polar surface area (TPSA) is 134 Å². The van der Waals surface area contributed by atoms with Gasteiger partial charge in [-0.3, -0.25) is 14.4 Å². The molecule has 3 heterocycles. The maximum Gasteiger partial charge on any atom is 0.245 e. The molecule has 10 heteroatoms. The first kappa shape index (κ1) is 25.0. The van der Waals surface area contributed by atoms with E-state index in [-0.39, 0.29) is 17.7 Å². The second-order valence-electron chi connectivity index (χ2n) is 8.99. The zero-order chi connectivity index (χ0) is 25.7. The van der Waals surface area contributed by atoms with Crippen LogP contribution in [0.4, 0.5) is 11.6 Å². The van der Waals surface area contributed by atoms with Crippen LogP contribution >= 0.6 is 0 Å². The van der Waals surface area contributed by atoms with Crippen LogP contribution in [-0.2, 0) is 27.3 Å². The monoisotopic (exact) mass is 489 g/mol. The average Bonchev–Trinajstić information content (AvgIpc) is 2.86. The molecule has 0 bridgehead atoms. The van der Waals surface area contributed by atoms with Crippen molar-refractivity contribution >= 4 is 40.3 Å². The molecule has 0 radical (unpaired) electrons. The van der Waals surface area contributed by atoms with E-state index in [9.17, 15) is 14.4 Å². The number of pyridine rings is 1. The number of benzene rings is 1. The summed E-state index contributed by atoms with van der Waals surface area (Å²) in [6.45, 7) is 4.87. The molecule has 0 spiro atoms. The van der Waals surface area contributed by atoms with Gasteiger partial charge in [-0.25, -0.2) is 15.0 Å². The van der Waals surface area contributed by atoms with Gasteiger partial charge in [0.15, 0.2) is 0 Å². The smallest absolute Gasteiger partial charge is 0.245 e. The highest BCUT2D eigenvalue weighted by atomic mass is 16.2. The minimum absolute atomic E-state index is 0.0277. The summed E-state index contributed by atoms with van der Waals surface area (Å²) >= 11 is 0. The van der Waals surface area contributed by atoms with Crippen LogP contribution in [0.3, 0.4) is 0 Å². The summed E-state index contributed by atoms with van der Waals surface area (Å²) in [5.41, 5.74) is 8.52. The Morgan fingerprint density at radius 1 is 1.11 bits per heavy atom. The first-order valence-electron chi connectivity index (χ1n) is 12.2. The van der Waals surface area contributed by atoms with Crippen molar-refractivity contribution in [2.75, 3.05) is 24.1 Å². The van der Waals surface area contributed by atoms with Gasteiger partial charge in [-0.15, -0.1) is 0 Å². The number of rotatable bonds is 8. The molecule has 0 saturated carbocycles. The van der Waals surface area contributed by atoms with Crippen molar-refractivity contribution in [2.24, 2.45) is 0 Å². The van der Waals surface area contributed by atoms with Gasteiger partial charge in [-0.2, -0.15) is 0 Å². The maximum atomic E-state index is 13.4. The molecule has 0 unspecified atom stereocenters. The predicted octanol–water partition coefficient (Wildman–Crippen LogP) is 2.54. The van der Waals surface area contributed by atoms with E-state index in [0.29, 0.717) is 50.5 Å². The van der Waals surface area contributed by atoms with Crippen molar-refractivity contribution in [1.82, 2.24) is 24.8 Å². The molecule has 3 aromatic rings. The lowest BCUT2D eigenvalue weighted by Crippen LogP contribution is -2.58. The van der Waals surface area contributed by atoms with Crippen LogP contribution in [0, 0.1) is 0 Å². The summed E-state index contributed by atoms with van der Waals surface area (Å²) in [4.78, 5) is 53.7. The number of carbonyl (C=O) groups is 3. The van der Waals surface area contributed by atoms with Crippen LogP contribution in [0.25, 0.3) is 10.9 Å². The molecule has 1 atom stereocenters. The van der Waals surface area contributed by atoms with Crippen molar-refractivity contribution in [3.8, 4) is 0 Å². The normalized spacial score (nSPS) is 15.8. The van der Waals surface area contributed by atoms with Crippen molar-refractivity contribution in [1.29, 1.82) is 0 Å². The highest BCUT2D eigenvalue weighted by Crippen LogP contribution is 2.23. The Morgan fingerprint density at radius 3 is 2.64 bits per heavy atom. The van der Waals surface area contributed by atoms with Crippen molar-refractivity contribution in [2.45, 2.75) is 52.1 Å². The molecule has 188 valence electrons. The van der Waals surface area contributed by atoms with E-state index in [1.54, 1.807) is 17.2 Å². The van der Waals surface area contributed by atoms with E-state index in [1.165, 1.54) is 13.3 Å². The summed E-state index contributed by atoms with van der Waals surface area (Å²) in [6, 6.07) is 8.85. The third-order valence-corrected chi connectivity index (χ3v) is 6.33. The lowest BCUT2D eigenvalue weighted by atomic mass is 10.0. The number of nitrogens with one attached hydrogen (secondary N) is 1. The molecule has 10 nitrogen and oxygen atoms in total. The first-order chi connectivity index (χ1) is 17.4. The SMILES string of the molecule is CCC[C@H]1C(=O)N(Cc2ccc3c(N)ncnc3c2)CCN1C(=O)CCc1ccc(NC(C)=O)nc1. The lowest BCUT2D eigenvalue weighted by molar-refractivity contribution is -0.152. The zero-order valence-electron chi connectivity index (χ0n) is 20.6. The molecule has 3 amide bonds. The number of carbonyl (C=O) groups excluding carboxylic acids is 3. The number of nitrogen functional groups attached to an aromatic ring is 1. The molecule has 1 fully saturated rings. The van der Waals surface area contributed by atoms with Gasteiger partial charge in [0.25, 0.3) is 0 Å². The molecule has 4 rings (SSSR count). The molecule has 1 aromatic carbocycles. The number of fused-ring (bicyclic) bond motifs is 1. The van der Waals surface area contributed by atoms with Crippen LogP contribution in [0.2, 0.25) is 0 Å². The fourth-order valence-electron chi connectivity index (χ4n) is 4.51. The summed E-state index contributed by atoms with van der Waals surface area (Å²) in [7, 11) is 0. The standard InChI is InChI=1S/C26H31N7O3/c1-3-4-22-26(36)32(15-19-5-8-20-21(13-19)29-16-30-25(20)27)11-12-33(22)24(35)10-7-18-6-9-23(28-14-18)31-17(2)34/h5-6,8-9,13-14,16,22H,3-4,7,10-12,15H2,1-2H3,(H2,27,29,30)(H,28,31,34)/t22-/m0/s1. The highest BCUT2D eigenvalue weighted by molar-refractivity contribution is 5.90. The highest BCUT2D eigenvalue weighted by Gasteiger charge is 2.36. The zero-order valence-corrected chi connectivity index (χ0v) is 20.6. The van der Waals surface area contributed by atoms with E-state index >= 15 is 0 Å². The van der Waals surface area contributed by atoms with Crippen molar-refractivity contribution < 1.29 is 14.4 Å². The average molecular weight is 490 g/mol. The first-order valence-corrected chi connectivity index (χ1v) is 12.2. The Labute approximate surface area is 209 Å². The van der Waals surface area contributed by atoms with E-state index in [1.807, 2.05) is 36.1 Å². The summed E-state index contributed by atoms with van der Waals surface area (Å²) in [6.07, 6.45) is 5.32. The number of anilines is 2. The maximum absolute atomic E-state index is 13.4. The molecular weight excluding hydrogens is 458 g/mol. The number of hydrogen-bond acceptors (Lipinski definition) is 7. The molecule has 3 N–H and O–H groups in total. The quantitative estimate of drug-likeness (QED) is 0.496. The molecule has 1 aliphatic rings. The van der Waals surface area contributed by atoms with Gasteiger partial charge in [-0.05, 0) is 42.2 Å². The Bertz CT molecular complexity index is 1260. The number of nitrogens with two attached hydrogens (primary N) is 1. The van der Waals surface area contributed by atoms with E-state index in [4.69, 9.17) is 5.73 Å². The number of hydrogen-bond donors (Lipinski definition) is 2. The molecular formula is C26H31N7O3. The van der Waals surface area contributed by atoms with Crippen LogP contribution in [0.15, 0.2) is 42.9 Å². The minimum Gasteiger partial charge on any atom is -0.383 e. The van der Waals surface area contributed by atoms with E-state index in [0.717, 1.165) is 28.5 Å². The molecule has 1 aliphatic heterocycles. The van der Waals surface area contributed by atoms with Gasteiger partial charge in [0.1, 0.15) is 24.0 Å². The fraction of sp³-hybridized carbons (Fsp3) is 0.385. The third-order valence-electron chi connectivity index (χ3n) is 6.33. The molecule has 1 saturated heterocycles. The number of aromatic nitrogens is 3.